The topological polar surface area (TPSA) is 57.4 Å². The molecule has 1 aromatic carbocycles. The van der Waals surface area contributed by atoms with Crippen LogP contribution in [0.4, 0.5) is 0 Å². The number of amides is 1. The van der Waals surface area contributed by atoms with Crippen molar-refractivity contribution in [2.24, 2.45) is 0 Å². The van der Waals surface area contributed by atoms with Crippen LogP contribution in [0.5, 0.6) is 0 Å². The maximum Gasteiger partial charge on any atom is 0.267 e. The van der Waals surface area contributed by atoms with E-state index in [2.05, 4.69) is 15.2 Å². The summed E-state index contributed by atoms with van der Waals surface area (Å²) in [6.45, 7) is 2.98. The number of benzene rings is 1. The number of carbonyl (C=O) groups is 1. The summed E-state index contributed by atoms with van der Waals surface area (Å²) in [6.07, 6.45) is 0. The van der Waals surface area contributed by atoms with E-state index in [4.69, 9.17) is 4.74 Å². The Labute approximate surface area is 118 Å². The number of aromatic nitrogens is 1. The zero-order chi connectivity index (χ0) is 14.4. The summed E-state index contributed by atoms with van der Waals surface area (Å²) in [6, 6.07) is 9.74. The molecule has 2 N–H and O–H groups in total. The predicted octanol–water partition coefficient (Wildman–Crippen LogP) is 1.48. The molecular weight excluding hydrogens is 254 g/mol. The van der Waals surface area contributed by atoms with Crippen LogP contribution in [0.15, 0.2) is 30.3 Å². The molecule has 0 saturated carbocycles. The number of nitrogens with zero attached hydrogens (tertiary/aromatic N) is 1. The number of aromatic amines is 1. The van der Waals surface area contributed by atoms with Crippen molar-refractivity contribution < 1.29 is 9.53 Å². The first-order valence-corrected chi connectivity index (χ1v) is 6.74. The SMILES string of the molecule is COCCN(C)CCNC(=O)c1cc2ccccc2[nH]1. The van der Waals surface area contributed by atoms with Gasteiger partial charge in [0.05, 0.1) is 6.61 Å². The van der Waals surface area contributed by atoms with E-state index < -0.39 is 0 Å². The maximum atomic E-state index is 12.0. The number of likely N-dealkylation sites (N-methyl/N-ethyl adjacent to an activating group) is 1. The lowest BCUT2D eigenvalue weighted by molar-refractivity contribution is 0.0943. The summed E-state index contributed by atoms with van der Waals surface area (Å²) in [7, 11) is 3.69. The number of hydrogen-bond donors (Lipinski definition) is 2. The summed E-state index contributed by atoms with van der Waals surface area (Å²) in [5.41, 5.74) is 1.58. The van der Waals surface area contributed by atoms with Gasteiger partial charge in [0, 0.05) is 37.6 Å². The molecule has 2 rings (SSSR count). The molecule has 0 aliphatic heterocycles. The van der Waals surface area contributed by atoms with Crippen LogP contribution in [0, 0.1) is 0 Å². The maximum absolute atomic E-state index is 12.0. The number of fused-ring (bicyclic) bond motifs is 1. The van der Waals surface area contributed by atoms with Crippen molar-refractivity contribution in [3.63, 3.8) is 0 Å². The van der Waals surface area contributed by atoms with Gasteiger partial charge in [-0.25, -0.2) is 0 Å². The highest BCUT2D eigenvalue weighted by Gasteiger charge is 2.08. The molecule has 5 heteroatoms. The van der Waals surface area contributed by atoms with E-state index >= 15 is 0 Å². The zero-order valence-electron chi connectivity index (χ0n) is 12.0. The first-order valence-electron chi connectivity index (χ1n) is 6.74. The van der Waals surface area contributed by atoms with Crippen LogP contribution in [0.3, 0.4) is 0 Å². The number of nitrogens with one attached hydrogen (secondary N) is 2. The Morgan fingerprint density at radius 1 is 1.35 bits per heavy atom. The summed E-state index contributed by atoms with van der Waals surface area (Å²) in [5, 5.41) is 3.97. The minimum atomic E-state index is -0.0682. The van der Waals surface area contributed by atoms with Gasteiger partial charge in [0.25, 0.3) is 5.91 Å². The Hall–Kier alpha value is -1.85. The molecule has 1 aromatic heterocycles. The quantitative estimate of drug-likeness (QED) is 0.804. The third kappa shape index (κ3) is 3.82. The second-order valence-corrected chi connectivity index (χ2v) is 4.82. The van der Waals surface area contributed by atoms with Gasteiger partial charge in [0.2, 0.25) is 0 Å². The first kappa shape index (κ1) is 14.6. The number of methoxy groups -OCH3 is 1. The summed E-state index contributed by atoms with van der Waals surface area (Å²) >= 11 is 0. The van der Waals surface area contributed by atoms with Crippen LogP contribution < -0.4 is 5.32 Å². The number of H-pyrrole nitrogens is 1. The highest BCUT2D eigenvalue weighted by molar-refractivity contribution is 5.97. The van der Waals surface area contributed by atoms with Crippen LogP contribution in [-0.4, -0.2) is 56.2 Å². The Bertz CT molecular complexity index is 532. The minimum Gasteiger partial charge on any atom is -0.383 e. The average molecular weight is 275 g/mol. The molecule has 1 heterocycles. The minimum absolute atomic E-state index is 0.0682. The molecule has 0 bridgehead atoms. The van der Waals surface area contributed by atoms with Crippen LogP contribution in [-0.2, 0) is 4.74 Å². The van der Waals surface area contributed by atoms with Crippen molar-refractivity contribution in [3.8, 4) is 0 Å². The number of ether oxygens (including phenoxy) is 1. The second kappa shape index (κ2) is 7.07. The fraction of sp³-hybridized carbons (Fsp3) is 0.400. The van der Waals surface area contributed by atoms with E-state index in [0.29, 0.717) is 18.8 Å². The van der Waals surface area contributed by atoms with Gasteiger partial charge in [-0.1, -0.05) is 18.2 Å². The van der Waals surface area contributed by atoms with Gasteiger partial charge in [-0.05, 0) is 19.2 Å². The van der Waals surface area contributed by atoms with Crippen molar-refractivity contribution >= 4 is 16.8 Å². The lowest BCUT2D eigenvalue weighted by Crippen LogP contribution is -2.34. The smallest absolute Gasteiger partial charge is 0.267 e. The number of carbonyl (C=O) groups excluding carboxylic acids is 1. The van der Waals surface area contributed by atoms with Crippen LogP contribution in [0.2, 0.25) is 0 Å². The molecule has 108 valence electrons. The lowest BCUT2D eigenvalue weighted by Gasteiger charge is -2.15. The Balaban J connectivity index is 1.82. The molecule has 0 unspecified atom stereocenters. The standard InChI is InChI=1S/C15H21N3O2/c1-18(9-10-20-2)8-7-16-15(19)14-11-12-5-3-4-6-13(12)17-14/h3-6,11,17H,7-10H2,1-2H3,(H,16,19). The van der Waals surface area contributed by atoms with Gasteiger partial charge in [-0.2, -0.15) is 0 Å². The first-order chi connectivity index (χ1) is 9.70. The normalized spacial score (nSPS) is 11.2. The highest BCUT2D eigenvalue weighted by atomic mass is 16.5. The zero-order valence-corrected chi connectivity index (χ0v) is 12.0. The van der Waals surface area contributed by atoms with Crippen molar-refractivity contribution in [1.82, 2.24) is 15.2 Å². The molecule has 1 amide bonds. The predicted molar refractivity (Wildman–Crippen MR) is 80.0 cm³/mol. The number of rotatable bonds is 7. The summed E-state index contributed by atoms with van der Waals surface area (Å²) in [5.74, 6) is -0.0682. The van der Waals surface area contributed by atoms with Crippen molar-refractivity contribution in [1.29, 1.82) is 0 Å². The van der Waals surface area contributed by atoms with Crippen LogP contribution in [0.1, 0.15) is 10.5 Å². The van der Waals surface area contributed by atoms with E-state index in [9.17, 15) is 4.79 Å². The van der Waals surface area contributed by atoms with E-state index in [1.165, 1.54) is 0 Å². The molecule has 5 nitrogen and oxygen atoms in total. The molecule has 0 aliphatic rings. The molecule has 0 aliphatic carbocycles. The molecule has 0 saturated heterocycles. The molecular formula is C15H21N3O2. The van der Waals surface area contributed by atoms with Crippen LogP contribution >= 0.6 is 0 Å². The van der Waals surface area contributed by atoms with Gasteiger partial charge in [0.1, 0.15) is 5.69 Å². The van der Waals surface area contributed by atoms with E-state index in [0.717, 1.165) is 24.0 Å². The molecule has 0 atom stereocenters. The van der Waals surface area contributed by atoms with E-state index in [-0.39, 0.29) is 5.91 Å². The Kier molecular flexibility index (Phi) is 5.15. The van der Waals surface area contributed by atoms with Crippen molar-refractivity contribution in [3.05, 3.63) is 36.0 Å². The Morgan fingerprint density at radius 2 is 2.15 bits per heavy atom. The number of hydrogen-bond acceptors (Lipinski definition) is 3. The van der Waals surface area contributed by atoms with Gasteiger partial charge >= 0.3 is 0 Å². The fourth-order valence-electron chi connectivity index (χ4n) is 2.01. The average Bonchev–Trinajstić information content (AvgIpc) is 2.89. The summed E-state index contributed by atoms with van der Waals surface area (Å²) < 4.78 is 5.01. The Morgan fingerprint density at radius 3 is 2.90 bits per heavy atom. The van der Waals surface area contributed by atoms with Gasteiger partial charge in [-0.3, -0.25) is 4.79 Å². The second-order valence-electron chi connectivity index (χ2n) is 4.82. The number of para-hydroxylation sites is 1. The summed E-state index contributed by atoms with van der Waals surface area (Å²) in [4.78, 5) is 17.3. The van der Waals surface area contributed by atoms with E-state index in [1.54, 1.807) is 7.11 Å². The third-order valence-corrected chi connectivity index (χ3v) is 3.23. The van der Waals surface area contributed by atoms with Gasteiger partial charge in [0.15, 0.2) is 0 Å². The largest absolute Gasteiger partial charge is 0.383 e. The van der Waals surface area contributed by atoms with Crippen molar-refractivity contribution in [2.75, 3.05) is 40.4 Å². The van der Waals surface area contributed by atoms with Gasteiger partial charge in [-0.15, -0.1) is 0 Å². The molecule has 20 heavy (non-hydrogen) atoms. The molecule has 0 radical (unpaired) electrons. The highest BCUT2D eigenvalue weighted by Crippen LogP contribution is 2.14. The fourth-order valence-corrected chi connectivity index (χ4v) is 2.01. The molecule has 0 spiro atoms. The van der Waals surface area contributed by atoms with E-state index in [1.807, 2.05) is 37.4 Å². The molecule has 0 fully saturated rings. The lowest BCUT2D eigenvalue weighted by atomic mass is 10.2. The van der Waals surface area contributed by atoms with Crippen molar-refractivity contribution in [2.45, 2.75) is 0 Å². The molecule has 2 aromatic rings. The third-order valence-electron chi connectivity index (χ3n) is 3.23. The van der Waals surface area contributed by atoms with Gasteiger partial charge < -0.3 is 19.9 Å². The monoisotopic (exact) mass is 275 g/mol. The van der Waals surface area contributed by atoms with Crippen LogP contribution in [0.25, 0.3) is 10.9 Å².